The number of ether oxygens (including phenoxy) is 1. The first kappa shape index (κ1) is 25.0. The maximum atomic E-state index is 13.0. The van der Waals surface area contributed by atoms with E-state index in [-0.39, 0.29) is 30.7 Å². The molecule has 0 atom stereocenters. The zero-order valence-corrected chi connectivity index (χ0v) is 17.7. The molecule has 7 heteroatoms. The monoisotopic (exact) mass is 405 g/mol. The first-order valence-corrected chi connectivity index (χ1v) is 8.94. The summed E-state index contributed by atoms with van der Waals surface area (Å²) in [7, 11) is 1.88. The van der Waals surface area contributed by atoms with E-state index in [4.69, 9.17) is 10.5 Å². The van der Waals surface area contributed by atoms with E-state index in [1.165, 1.54) is 11.3 Å². The standard InChI is InChI=1S/C19H31N3O2.2ClH/c1-4-19(5-2,15-20)18(23)21(3)14-16-8-6-7-9-17(16)22-10-12-24-13-11-22;;/h6-9H,4-5,10-15,20H2,1-3H3;2*1H. The smallest absolute Gasteiger partial charge is 0.230 e. The SMILES string of the molecule is CCC(CC)(CN)C(=O)N(C)Cc1ccccc1N1CCOCC1.Cl.Cl. The lowest BCUT2D eigenvalue weighted by atomic mass is 9.81. The van der Waals surface area contributed by atoms with Crippen molar-refractivity contribution in [1.82, 2.24) is 4.90 Å². The summed E-state index contributed by atoms with van der Waals surface area (Å²) in [4.78, 5) is 17.1. The number of hydrogen-bond donors (Lipinski definition) is 1. The number of carbonyl (C=O) groups is 1. The van der Waals surface area contributed by atoms with Gasteiger partial charge in [-0.15, -0.1) is 24.8 Å². The van der Waals surface area contributed by atoms with E-state index < -0.39 is 5.41 Å². The number of nitrogens with two attached hydrogens (primary N) is 1. The second kappa shape index (κ2) is 11.7. The van der Waals surface area contributed by atoms with Gasteiger partial charge in [-0.05, 0) is 24.5 Å². The van der Waals surface area contributed by atoms with Crippen LogP contribution in [0.15, 0.2) is 24.3 Å². The Bertz CT molecular complexity index is 539. The summed E-state index contributed by atoms with van der Waals surface area (Å²) >= 11 is 0. The van der Waals surface area contributed by atoms with Crippen LogP contribution in [0.2, 0.25) is 0 Å². The summed E-state index contributed by atoms with van der Waals surface area (Å²) in [5, 5.41) is 0. The minimum absolute atomic E-state index is 0. The molecule has 1 aromatic carbocycles. The highest BCUT2D eigenvalue weighted by molar-refractivity contribution is 5.85. The number of para-hydroxylation sites is 1. The normalized spacial score (nSPS) is 14.2. The first-order chi connectivity index (χ1) is 11.6. The molecule has 0 unspecified atom stereocenters. The molecule has 0 radical (unpaired) electrons. The van der Waals surface area contributed by atoms with Crippen molar-refractivity contribution in [3.05, 3.63) is 29.8 Å². The summed E-state index contributed by atoms with van der Waals surface area (Å²) in [5.41, 5.74) is 7.87. The van der Waals surface area contributed by atoms with Gasteiger partial charge in [0.25, 0.3) is 0 Å². The second-order valence-electron chi connectivity index (χ2n) is 6.58. The van der Waals surface area contributed by atoms with E-state index in [0.717, 1.165) is 39.1 Å². The predicted octanol–water partition coefficient (Wildman–Crippen LogP) is 3.09. The van der Waals surface area contributed by atoms with Crippen LogP contribution in [-0.4, -0.2) is 50.7 Å². The minimum atomic E-state index is -0.442. The molecule has 1 fully saturated rings. The average Bonchev–Trinajstić information content (AvgIpc) is 2.64. The van der Waals surface area contributed by atoms with E-state index in [9.17, 15) is 4.79 Å². The Morgan fingerprint density at radius 3 is 2.31 bits per heavy atom. The lowest BCUT2D eigenvalue weighted by Crippen LogP contribution is -2.46. The molecule has 1 heterocycles. The van der Waals surface area contributed by atoms with Crippen LogP contribution >= 0.6 is 24.8 Å². The van der Waals surface area contributed by atoms with Crippen molar-refractivity contribution in [2.75, 3.05) is 44.8 Å². The van der Waals surface area contributed by atoms with Crippen LogP contribution in [0.25, 0.3) is 0 Å². The highest BCUT2D eigenvalue weighted by Crippen LogP contribution is 2.29. The van der Waals surface area contributed by atoms with Crippen LogP contribution in [0.3, 0.4) is 0 Å². The molecule has 26 heavy (non-hydrogen) atoms. The fourth-order valence-electron chi connectivity index (χ4n) is 3.42. The summed E-state index contributed by atoms with van der Waals surface area (Å²) in [6.45, 7) is 8.39. The van der Waals surface area contributed by atoms with Crippen LogP contribution in [-0.2, 0) is 16.1 Å². The van der Waals surface area contributed by atoms with Crippen molar-refractivity contribution in [1.29, 1.82) is 0 Å². The van der Waals surface area contributed by atoms with E-state index in [2.05, 4.69) is 23.1 Å². The van der Waals surface area contributed by atoms with Gasteiger partial charge in [0, 0.05) is 38.9 Å². The van der Waals surface area contributed by atoms with Gasteiger partial charge in [-0.3, -0.25) is 4.79 Å². The molecular weight excluding hydrogens is 373 g/mol. The molecule has 1 amide bonds. The molecule has 1 aliphatic heterocycles. The van der Waals surface area contributed by atoms with Gasteiger partial charge in [-0.2, -0.15) is 0 Å². The number of amides is 1. The molecule has 0 aliphatic carbocycles. The molecule has 5 nitrogen and oxygen atoms in total. The Morgan fingerprint density at radius 1 is 1.19 bits per heavy atom. The highest BCUT2D eigenvalue weighted by Gasteiger charge is 2.35. The zero-order valence-electron chi connectivity index (χ0n) is 16.1. The van der Waals surface area contributed by atoms with Crippen molar-refractivity contribution in [2.45, 2.75) is 33.2 Å². The van der Waals surface area contributed by atoms with Crippen molar-refractivity contribution >= 4 is 36.4 Å². The Labute approximate surface area is 170 Å². The van der Waals surface area contributed by atoms with Crippen LogP contribution < -0.4 is 10.6 Å². The van der Waals surface area contributed by atoms with Gasteiger partial charge in [0.2, 0.25) is 5.91 Å². The molecule has 0 bridgehead atoms. The lowest BCUT2D eigenvalue weighted by molar-refractivity contribution is -0.141. The van der Waals surface area contributed by atoms with Crippen LogP contribution in [0.5, 0.6) is 0 Å². The zero-order chi connectivity index (χ0) is 17.6. The molecular formula is C19H33Cl2N3O2. The summed E-state index contributed by atoms with van der Waals surface area (Å²) in [6.07, 6.45) is 1.54. The topological polar surface area (TPSA) is 58.8 Å². The van der Waals surface area contributed by atoms with Gasteiger partial charge in [-0.1, -0.05) is 32.0 Å². The number of anilines is 1. The Hall–Kier alpha value is -1.01. The van der Waals surface area contributed by atoms with Gasteiger partial charge >= 0.3 is 0 Å². The summed E-state index contributed by atoms with van der Waals surface area (Å²) in [5.74, 6) is 0.145. The highest BCUT2D eigenvalue weighted by atomic mass is 35.5. The summed E-state index contributed by atoms with van der Waals surface area (Å²) in [6, 6.07) is 8.33. The van der Waals surface area contributed by atoms with Gasteiger partial charge in [0.15, 0.2) is 0 Å². The first-order valence-electron chi connectivity index (χ1n) is 8.94. The number of rotatable bonds is 7. The maximum absolute atomic E-state index is 13.0. The van der Waals surface area contributed by atoms with Gasteiger partial charge in [-0.25, -0.2) is 0 Å². The number of morpholine rings is 1. The molecule has 0 spiro atoms. The molecule has 2 rings (SSSR count). The Morgan fingerprint density at radius 2 is 1.77 bits per heavy atom. The van der Waals surface area contributed by atoms with Gasteiger partial charge < -0.3 is 20.3 Å². The Kier molecular flexibility index (Phi) is 11.2. The second-order valence-corrected chi connectivity index (χ2v) is 6.58. The predicted molar refractivity (Wildman–Crippen MR) is 113 cm³/mol. The molecule has 0 saturated carbocycles. The number of halogens is 2. The van der Waals surface area contributed by atoms with Crippen molar-refractivity contribution in [3.8, 4) is 0 Å². The molecule has 2 N–H and O–H groups in total. The largest absolute Gasteiger partial charge is 0.378 e. The Balaban J connectivity index is 0.00000312. The van der Waals surface area contributed by atoms with Gasteiger partial charge in [0.1, 0.15) is 0 Å². The third-order valence-electron chi connectivity index (χ3n) is 5.30. The van der Waals surface area contributed by atoms with E-state index in [0.29, 0.717) is 13.1 Å². The number of hydrogen-bond acceptors (Lipinski definition) is 4. The molecule has 1 aliphatic rings. The van der Waals surface area contributed by atoms with Crippen LogP contribution in [0.4, 0.5) is 5.69 Å². The van der Waals surface area contributed by atoms with E-state index >= 15 is 0 Å². The third kappa shape index (κ3) is 5.49. The fraction of sp³-hybridized carbons (Fsp3) is 0.632. The van der Waals surface area contributed by atoms with Crippen LogP contribution in [0.1, 0.15) is 32.3 Å². The number of carbonyl (C=O) groups excluding carboxylic acids is 1. The molecule has 150 valence electrons. The third-order valence-corrected chi connectivity index (χ3v) is 5.30. The average molecular weight is 406 g/mol. The van der Waals surface area contributed by atoms with Crippen molar-refractivity contribution in [3.63, 3.8) is 0 Å². The molecule has 1 aromatic rings. The van der Waals surface area contributed by atoms with Crippen molar-refractivity contribution < 1.29 is 9.53 Å². The summed E-state index contributed by atoms with van der Waals surface area (Å²) < 4.78 is 5.45. The number of benzene rings is 1. The fourth-order valence-corrected chi connectivity index (χ4v) is 3.42. The number of nitrogens with zero attached hydrogens (tertiary/aromatic N) is 2. The maximum Gasteiger partial charge on any atom is 0.230 e. The van der Waals surface area contributed by atoms with Gasteiger partial charge in [0.05, 0.1) is 18.6 Å². The minimum Gasteiger partial charge on any atom is -0.378 e. The van der Waals surface area contributed by atoms with Crippen LogP contribution in [0, 0.1) is 5.41 Å². The quantitative estimate of drug-likeness (QED) is 0.756. The molecule has 1 saturated heterocycles. The molecule has 0 aromatic heterocycles. The van der Waals surface area contributed by atoms with Crippen molar-refractivity contribution in [2.24, 2.45) is 11.1 Å². The van der Waals surface area contributed by atoms with E-state index in [1.54, 1.807) is 0 Å². The van der Waals surface area contributed by atoms with E-state index in [1.807, 2.05) is 31.9 Å². The lowest BCUT2D eigenvalue weighted by Gasteiger charge is -2.35.